The number of hydrogen-bond acceptors (Lipinski definition) is 6. The molecule has 0 bridgehead atoms. The molecule has 0 saturated heterocycles. The molecule has 196 valence electrons. The number of aromatic nitrogens is 2. The van der Waals surface area contributed by atoms with Crippen molar-refractivity contribution < 1.29 is 13.2 Å². The van der Waals surface area contributed by atoms with Gasteiger partial charge >= 0.3 is 0 Å². The molecule has 5 rings (SSSR count). The lowest BCUT2D eigenvalue weighted by Crippen LogP contribution is -2.36. The highest BCUT2D eigenvalue weighted by Gasteiger charge is 2.25. The van der Waals surface area contributed by atoms with E-state index in [1.54, 1.807) is 35.2 Å². The van der Waals surface area contributed by atoms with Crippen molar-refractivity contribution in [1.82, 2.24) is 13.9 Å². The van der Waals surface area contributed by atoms with Crippen molar-refractivity contribution >= 4 is 44.3 Å². The molecular weight excluding hydrogens is 520 g/mol. The maximum atomic E-state index is 13.8. The minimum absolute atomic E-state index is 0.0695. The molecule has 0 aliphatic carbocycles. The Bertz CT molecular complexity index is 1710. The number of fused-ring (bicyclic) bond motifs is 2. The van der Waals surface area contributed by atoms with E-state index in [-0.39, 0.29) is 22.1 Å². The van der Waals surface area contributed by atoms with Gasteiger partial charge < -0.3 is 4.90 Å². The van der Waals surface area contributed by atoms with E-state index >= 15 is 0 Å². The number of nitrogens with zero attached hydrogens (tertiary/aromatic N) is 4. The first kappa shape index (κ1) is 26.1. The lowest BCUT2D eigenvalue weighted by Gasteiger charge is -2.29. The highest BCUT2D eigenvalue weighted by atomic mass is 32.2. The predicted octanol–water partition coefficient (Wildman–Crippen LogP) is 4.02. The Kier molecular flexibility index (Phi) is 7.13. The molecule has 0 spiro atoms. The number of amides is 1. The monoisotopic (exact) mass is 548 g/mol. The summed E-state index contributed by atoms with van der Waals surface area (Å²) < 4.78 is 28.3. The van der Waals surface area contributed by atoms with Crippen molar-refractivity contribution in [2.24, 2.45) is 0 Å². The molecule has 1 aromatic heterocycles. The predicted molar refractivity (Wildman–Crippen MR) is 151 cm³/mol. The Morgan fingerprint density at radius 2 is 1.76 bits per heavy atom. The molecule has 0 saturated carbocycles. The van der Waals surface area contributed by atoms with Crippen molar-refractivity contribution in [3.63, 3.8) is 0 Å². The summed E-state index contributed by atoms with van der Waals surface area (Å²) in [4.78, 5) is 33.7. The number of anilines is 1. The number of carbonyl (C=O) groups is 1. The summed E-state index contributed by atoms with van der Waals surface area (Å²) in [6.07, 6.45) is 1.82. The molecule has 2 heterocycles. The quantitative estimate of drug-likeness (QED) is 0.267. The van der Waals surface area contributed by atoms with Crippen LogP contribution in [0, 0.1) is 6.92 Å². The van der Waals surface area contributed by atoms with Crippen LogP contribution >= 0.6 is 11.8 Å². The highest BCUT2D eigenvalue weighted by Crippen LogP contribution is 2.29. The van der Waals surface area contributed by atoms with Gasteiger partial charge in [0, 0.05) is 26.3 Å². The number of thioether (sulfide) groups is 1. The molecular formula is C28H28N4O4S2. The Labute approximate surface area is 226 Å². The highest BCUT2D eigenvalue weighted by molar-refractivity contribution is 7.99. The fourth-order valence-electron chi connectivity index (χ4n) is 4.62. The second kappa shape index (κ2) is 10.4. The van der Waals surface area contributed by atoms with Crippen molar-refractivity contribution in [2.45, 2.75) is 29.8 Å². The average Bonchev–Trinajstić information content (AvgIpc) is 2.92. The molecule has 10 heteroatoms. The van der Waals surface area contributed by atoms with Gasteiger partial charge in [0.15, 0.2) is 5.16 Å². The van der Waals surface area contributed by atoms with Gasteiger partial charge in [-0.1, -0.05) is 48.2 Å². The van der Waals surface area contributed by atoms with Crippen LogP contribution < -0.4 is 10.5 Å². The first-order valence-corrected chi connectivity index (χ1v) is 14.7. The molecule has 1 aliphatic heterocycles. The van der Waals surface area contributed by atoms with Crippen LogP contribution in [0.4, 0.5) is 5.69 Å². The summed E-state index contributed by atoms with van der Waals surface area (Å²) in [5.74, 6) is 0.00479. The van der Waals surface area contributed by atoms with Crippen LogP contribution in [0.1, 0.15) is 17.5 Å². The third kappa shape index (κ3) is 4.75. The minimum atomic E-state index is -3.73. The molecule has 0 atom stereocenters. The lowest BCUT2D eigenvalue weighted by molar-refractivity contribution is -0.116. The Morgan fingerprint density at radius 3 is 2.55 bits per heavy atom. The Hall–Kier alpha value is -3.47. The van der Waals surface area contributed by atoms with E-state index < -0.39 is 10.0 Å². The standard InChI is InChI=1S/C28H28N4O4S2/c1-19-14-15-21(38(35,36)30(2)3)17-25(19)32-27(34)22-11-5-6-12-23(22)29-28(32)37-18-26(33)31-16-8-10-20-9-4-7-13-24(20)31/h4-7,9,11-15,17H,8,10,16,18H2,1-3H3. The van der Waals surface area contributed by atoms with Crippen LogP contribution in [-0.2, 0) is 21.2 Å². The van der Waals surface area contributed by atoms with E-state index in [0.717, 1.165) is 28.4 Å². The normalized spacial score (nSPS) is 13.6. The molecule has 0 fully saturated rings. The van der Waals surface area contributed by atoms with E-state index in [0.29, 0.717) is 33.9 Å². The number of rotatable bonds is 6. The van der Waals surface area contributed by atoms with Gasteiger partial charge in [0.1, 0.15) is 0 Å². The third-order valence-corrected chi connectivity index (χ3v) is 9.42. The zero-order chi connectivity index (χ0) is 27.0. The van der Waals surface area contributed by atoms with Crippen LogP contribution in [-0.4, -0.2) is 54.6 Å². The van der Waals surface area contributed by atoms with E-state index in [2.05, 4.69) is 0 Å². The average molecular weight is 549 g/mol. The number of para-hydroxylation sites is 2. The van der Waals surface area contributed by atoms with Gasteiger partial charge in [0.25, 0.3) is 5.56 Å². The molecule has 38 heavy (non-hydrogen) atoms. The number of sulfonamides is 1. The van der Waals surface area contributed by atoms with Gasteiger partial charge in [-0.25, -0.2) is 17.7 Å². The number of carbonyl (C=O) groups excluding carboxylic acids is 1. The zero-order valence-electron chi connectivity index (χ0n) is 21.4. The molecule has 0 radical (unpaired) electrons. The fraction of sp³-hybridized carbons (Fsp3) is 0.250. The van der Waals surface area contributed by atoms with Gasteiger partial charge in [-0.3, -0.25) is 14.2 Å². The van der Waals surface area contributed by atoms with Crippen molar-refractivity contribution in [3.8, 4) is 5.69 Å². The maximum absolute atomic E-state index is 13.8. The summed E-state index contributed by atoms with van der Waals surface area (Å²) in [6.45, 7) is 2.45. The third-order valence-electron chi connectivity index (χ3n) is 6.68. The van der Waals surface area contributed by atoms with Gasteiger partial charge in [-0.15, -0.1) is 0 Å². The number of benzene rings is 3. The van der Waals surface area contributed by atoms with Gasteiger partial charge in [0.05, 0.1) is 27.2 Å². The van der Waals surface area contributed by atoms with E-state index in [9.17, 15) is 18.0 Å². The van der Waals surface area contributed by atoms with Crippen molar-refractivity contribution in [2.75, 3.05) is 31.3 Å². The van der Waals surface area contributed by atoms with Crippen molar-refractivity contribution in [3.05, 3.63) is 88.2 Å². The van der Waals surface area contributed by atoms with Crippen LogP contribution in [0.25, 0.3) is 16.6 Å². The zero-order valence-corrected chi connectivity index (χ0v) is 23.1. The molecule has 0 unspecified atom stereocenters. The molecule has 4 aromatic rings. The maximum Gasteiger partial charge on any atom is 0.266 e. The summed E-state index contributed by atoms with van der Waals surface area (Å²) >= 11 is 1.18. The second-order valence-corrected chi connectivity index (χ2v) is 12.4. The molecule has 0 N–H and O–H groups in total. The second-order valence-electron chi connectivity index (χ2n) is 9.35. The minimum Gasteiger partial charge on any atom is -0.311 e. The van der Waals surface area contributed by atoms with Gasteiger partial charge in [-0.2, -0.15) is 0 Å². The molecule has 1 aliphatic rings. The first-order chi connectivity index (χ1) is 18.2. The summed E-state index contributed by atoms with van der Waals surface area (Å²) in [5, 5.41) is 0.739. The lowest BCUT2D eigenvalue weighted by atomic mass is 10.0. The van der Waals surface area contributed by atoms with Gasteiger partial charge in [-0.05, 0) is 61.2 Å². The SMILES string of the molecule is Cc1ccc(S(=O)(=O)N(C)C)cc1-n1c(SCC(=O)N2CCCc3ccccc32)nc2ccccc2c1=O. The van der Waals surface area contributed by atoms with Gasteiger partial charge in [0.2, 0.25) is 15.9 Å². The fourth-order valence-corrected chi connectivity index (χ4v) is 6.42. The molecule has 3 aromatic carbocycles. The van der Waals surface area contributed by atoms with E-state index in [1.807, 2.05) is 31.2 Å². The molecule has 8 nitrogen and oxygen atoms in total. The smallest absolute Gasteiger partial charge is 0.266 e. The largest absolute Gasteiger partial charge is 0.311 e. The topological polar surface area (TPSA) is 92.6 Å². The van der Waals surface area contributed by atoms with Crippen LogP contribution in [0.15, 0.2) is 81.6 Å². The summed E-state index contributed by atoms with van der Waals surface area (Å²) in [6, 6.07) is 19.6. The van der Waals surface area contributed by atoms with E-state index in [1.165, 1.54) is 42.6 Å². The molecule has 1 amide bonds. The number of hydrogen-bond donors (Lipinski definition) is 0. The van der Waals surface area contributed by atoms with E-state index in [4.69, 9.17) is 4.98 Å². The first-order valence-electron chi connectivity index (χ1n) is 12.2. The van der Waals surface area contributed by atoms with Crippen molar-refractivity contribution in [1.29, 1.82) is 0 Å². The van der Waals surface area contributed by atoms with Crippen LogP contribution in [0.5, 0.6) is 0 Å². The Morgan fingerprint density at radius 1 is 1.03 bits per heavy atom. The van der Waals surface area contributed by atoms with Crippen LogP contribution in [0.2, 0.25) is 0 Å². The summed E-state index contributed by atoms with van der Waals surface area (Å²) in [7, 11) is -0.806. The summed E-state index contributed by atoms with van der Waals surface area (Å²) in [5.41, 5.74) is 3.38. The number of aryl methyl sites for hydroxylation is 2. The van der Waals surface area contributed by atoms with Crippen LogP contribution in [0.3, 0.4) is 0 Å². The Balaban J connectivity index is 1.58.